The molecule has 8 heteroatoms. The molecule has 0 radical (unpaired) electrons. The van der Waals surface area contributed by atoms with Gasteiger partial charge in [-0.2, -0.15) is 5.10 Å². The van der Waals surface area contributed by atoms with Crippen LogP contribution in [-0.2, 0) is 17.9 Å². The van der Waals surface area contributed by atoms with Crippen LogP contribution < -0.4 is 14.9 Å². The Morgan fingerprint density at radius 2 is 1.70 bits per heavy atom. The fourth-order valence-corrected chi connectivity index (χ4v) is 7.22. The third-order valence-corrected chi connectivity index (χ3v) is 9.06. The van der Waals surface area contributed by atoms with Crippen LogP contribution in [0.4, 0.5) is 0 Å². The fourth-order valence-electron chi connectivity index (χ4n) is 5.66. The molecule has 0 bridgehead atoms. The lowest BCUT2D eigenvalue weighted by molar-refractivity contribution is -0.116. The van der Waals surface area contributed by atoms with Gasteiger partial charge in [-0.1, -0.05) is 72.4 Å². The highest BCUT2D eigenvalue weighted by Crippen LogP contribution is 2.53. The smallest absolute Gasteiger partial charge is 0.274 e. The van der Waals surface area contributed by atoms with Gasteiger partial charge in [-0.25, -0.2) is 5.43 Å². The van der Waals surface area contributed by atoms with E-state index in [1.54, 1.807) is 14.2 Å². The van der Waals surface area contributed by atoms with E-state index in [1.165, 1.54) is 16.0 Å². The highest BCUT2D eigenvalue weighted by Gasteiger charge is 2.48. The van der Waals surface area contributed by atoms with Crippen LogP contribution in [0.15, 0.2) is 101 Å². The number of fused-ring (bicyclic) bond motifs is 3. The molecule has 3 aliphatic heterocycles. The quantitative estimate of drug-likeness (QED) is 0.398. The molecule has 0 fully saturated rings. The number of rotatable bonds is 9. The van der Waals surface area contributed by atoms with Gasteiger partial charge in [0.2, 0.25) is 0 Å². The first-order valence-electron chi connectivity index (χ1n) is 13.3. The maximum atomic E-state index is 12.9. The topological polar surface area (TPSA) is 66.4 Å². The zero-order valence-electron chi connectivity index (χ0n) is 22.8. The number of ether oxygens (including phenoxy) is 2. The number of hydrazone groups is 1. The number of para-hydroxylation sites is 1. The average molecular weight is 553 g/mol. The molecule has 2 unspecified atom stereocenters. The Balaban J connectivity index is 1.40. The van der Waals surface area contributed by atoms with Crippen molar-refractivity contribution in [1.29, 1.82) is 0 Å². The normalized spacial score (nSPS) is 19.7. The van der Waals surface area contributed by atoms with E-state index in [1.807, 2.05) is 54.4 Å². The van der Waals surface area contributed by atoms with Crippen molar-refractivity contribution in [1.82, 2.24) is 15.2 Å². The summed E-state index contributed by atoms with van der Waals surface area (Å²) < 4.78 is 11.1. The molecule has 0 spiro atoms. The second-order valence-corrected chi connectivity index (χ2v) is 11.3. The van der Waals surface area contributed by atoms with Crippen LogP contribution in [0.5, 0.6) is 11.5 Å². The molecule has 6 rings (SSSR count). The predicted octanol–water partition coefficient (Wildman–Crippen LogP) is 5.12. The molecule has 1 amide bonds. The van der Waals surface area contributed by atoms with Crippen molar-refractivity contribution in [3.63, 3.8) is 0 Å². The average Bonchev–Trinajstić information content (AvgIpc) is 3.54. The summed E-state index contributed by atoms with van der Waals surface area (Å²) in [5.41, 5.74) is 8.93. The maximum absolute atomic E-state index is 12.9. The summed E-state index contributed by atoms with van der Waals surface area (Å²) in [4.78, 5) is 18.8. The Morgan fingerprint density at radius 3 is 2.45 bits per heavy atom. The zero-order valence-corrected chi connectivity index (χ0v) is 23.7. The summed E-state index contributed by atoms with van der Waals surface area (Å²) in [6.45, 7) is 2.18. The van der Waals surface area contributed by atoms with Crippen molar-refractivity contribution in [2.75, 3.05) is 27.8 Å². The molecule has 0 aliphatic carbocycles. The van der Waals surface area contributed by atoms with E-state index in [9.17, 15) is 4.79 Å². The summed E-state index contributed by atoms with van der Waals surface area (Å²) in [6.07, 6.45) is 1.98. The van der Waals surface area contributed by atoms with Crippen molar-refractivity contribution in [2.24, 2.45) is 11.0 Å². The minimum atomic E-state index is -0.154. The monoisotopic (exact) mass is 552 g/mol. The molecule has 7 nitrogen and oxygen atoms in total. The number of nitrogens with zero attached hydrogens (tertiary/aromatic N) is 3. The van der Waals surface area contributed by atoms with E-state index in [0.29, 0.717) is 12.1 Å². The van der Waals surface area contributed by atoms with Gasteiger partial charge < -0.3 is 14.4 Å². The molecule has 1 N–H and O–H groups in total. The summed E-state index contributed by atoms with van der Waals surface area (Å²) in [5, 5.41) is 4.60. The summed E-state index contributed by atoms with van der Waals surface area (Å²) >= 11 is 1.84. The van der Waals surface area contributed by atoms with Crippen LogP contribution in [0.1, 0.15) is 16.7 Å². The molecule has 204 valence electrons. The lowest BCUT2D eigenvalue weighted by Crippen LogP contribution is -2.43. The fraction of sp³-hybridized carbons (Fsp3) is 0.250. The predicted molar refractivity (Wildman–Crippen MR) is 160 cm³/mol. The number of benzene rings is 3. The number of thioether (sulfide) groups is 1. The summed E-state index contributed by atoms with van der Waals surface area (Å²) in [7, 11) is 5.53. The van der Waals surface area contributed by atoms with Crippen LogP contribution in [0.2, 0.25) is 0 Å². The van der Waals surface area contributed by atoms with Crippen LogP contribution in [0.25, 0.3) is 4.91 Å². The third kappa shape index (κ3) is 5.00. The number of carbonyl (C=O) groups is 1. The van der Waals surface area contributed by atoms with Gasteiger partial charge in [0.25, 0.3) is 5.91 Å². The largest absolute Gasteiger partial charge is 0.497 e. The van der Waals surface area contributed by atoms with Gasteiger partial charge >= 0.3 is 0 Å². The number of methoxy groups -OCH3 is 2. The van der Waals surface area contributed by atoms with Gasteiger partial charge in [0.05, 0.1) is 36.8 Å². The van der Waals surface area contributed by atoms with E-state index in [4.69, 9.17) is 9.47 Å². The maximum Gasteiger partial charge on any atom is 0.274 e. The first-order chi connectivity index (χ1) is 19.6. The molecule has 0 saturated carbocycles. The van der Waals surface area contributed by atoms with Gasteiger partial charge in [-0.3, -0.25) is 9.69 Å². The minimum Gasteiger partial charge on any atom is -0.497 e. The number of nitrogens with one attached hydrogen (secondary N) is 1. The second-order valence-electron chi connectivity index (χ2n) is 10.2. The molecule has 2 atom stereocenters. The van der Waals surface area contributed by atoms with Gasteiger partial charge in [0.1, 0.15) is 11.5 Å². The van der Waals surface area contributed by atoms with E-state index < -0.39 is 0 Å². The van der Waals surface area contributed by atoms with Crippen molar-refractivity contribution in [2.45, 2.75) is 18.5 Å². The Kier molecular flexibility index (Phi) is 7.36. The van der Waals surface area contributed by atoms with Crippen molar-refractivity contribution in [3.8, 4) is 11.5 Å². The van der Waals surface area contributed by atoms with E-state index >= 15 is 0 Å². The molecule has 40 heavy (non-hydrogen) atoms. The van der Waals surface area contributed by atoms with E-state index in [0.717, 1.165) is 41.4 Å². The molecule has 3 heterocycles. The van der Waals surface area contributed by atoms with Crippen molar-refractivity contribution >= 4 is 28.3 Å². The molecular weight excluding hydrogens is 520 g/mol. The van der Waals surface area contributed by atoms with Gasteiger partial charge in [-0.05, 0) is 41.9 Å². The number of amides is 1. The molecule has 0 saturated heterocycles. The molecule has 0 aromatic heterocycles. The van der Waals surface area contributed by atoms with E-state index in [-0.39, 0.29) is 17.2 Å². The SMILES string of the molecule is COc1ccc(C2=C(CN(C)Cc3ccccc3)C3C4=NNC(=O)C4=CN(Cc4ccccc4OC)C3S2)cc1. The summed E-state index contributed by atoms with van der Waals surface area (Å²) in [6, 6.07) is 26.8. The minimum absolute atomic E-state index is 0.0392. The van der Waals surface area contributed by atoms with Crippen LogP contribution >= 0.6 is 11.8 Å². The van der Waals surface area contributed by atoms with Crippen molar-refractivity contribution < 1.29 is 14.3 Å². The van der Waals surface area contributed by atoms with Crippen molar-refractivity contribution in [3.05, 3.63) is 113 Å². The van der Waals surface area contributed by atoms with Crippen LogP contribution in [-0.4, -0.2) is 54.6 Å². The van der Waals surface area contributed by atoms with Gasteiger partial charge in [0.15, 0.2) is 0 Å². The number of hydrogen-bond acceptors (Lipinski definition) is 7. The van der Waals surface area contributed by atoms with Crippen LogP contribution in [0, 0.1) is 5.92 Å². The Morgan fingerprint density at radius 1 is 0.950 bits per heavy atom. The first-order valence-corrected chi connectivity index (χ1v) is 14.2. The highest BCUT2D eigenvalue weighted by molar-refractivity contribution is 8.09. The van der Waals surface area contributed by atoms with Gasteiger partial charge in [-0.15, -0.1) is 0 Å². The Labute approximate surface area is 239 Å². The number of likely N-dealkylation sites (N-methyl/N-ethyl adjacent to an activating group) is 1. The Bertz CT molecular complexity index is 1500. The summed E-state index contributed by atoms with van der Waals surface area (Å²) in [5.74, 6) is 1.46. The second kappa shape index (κ2) is 11.2. The highest BCUT2D eigenvalue weighted by atomic mass is 32.2. The molecule has 3 aromatic rings. The Hall–Kier alpha value is -4.01. The molecule has 3 aromatic carbocycles. The number of carbonyl (C=O) groups excluding carboxylic acids is 1. The standard InChI is InChI=1S/C32H32N4O3S/c1-35(17-21-9-5-4-6-10-21)19-25-28-29-26(31(37)34-33-29)20-36(18-23-11-7-8-12-27(23)39-3)32(28)40-30(25)22-13-15-24(38-2)16-14-22/h4-16,20,28,32H,17-19H2,1-3H3,(H,34,37). The first kappa shape index (κ1) is 26.2. The van der Waals surface area contributed by atoms with E-state index in [2.05, 4.69) is 69.8 Å². The molecular formula is C32H32N4O3S. The zero-order chi connectivity index (χ0) is 27.6. The lowest BCUT2D eigenvalue weighted by atomic mass is 9.85. The third-order valence-electron chi connectivity index (χ3n) is 7.54. The number of hydrogen-bond donors (Lipinski definition) is 1. The van der Waals surface area contributed by atoms with Crippen LogP contribution in [0.3, 0.4) is 0 Å². The molecule has 3 aliphatic rings. The lowest BCUT2D eigenvalue weighted by Gasteiger charge is -2.37. The van der Waals surface area contributed by atoms with Gasteiger partial charge in [0, 0.05) is 36.3 Å².